The first-order chi connectivity index (χ1) is 15.2. The number of rotatable bonds is 7. The van der Waals surface area contributed by atoms with Crippen LogP contribution < -0.4 is 10.1 Å². The molecule has 6 heteroatoms. The van der Waals surface area contributed by atoms with Gasteiger partial charge in [-0.05, 0) is 72.5 Å². The number of hydrogen-bond acceptors (Lipinski definition) is 6. The molecule has 2 aliphatic heterocycles. The predicted molar refractivity (Wildman–Crippen MR) is 133 cm³/mol. The largest absolute Gasteiger partial charge is 0.480 e. The Bertz CT molecular complexity index is 906. The van der Waals surface area contributed by atoms with Crippen molar-refractivity contribution < 1.29 is 4.74 Å². The molecule has 0 saturated carbocycles. The molecule has 164 valence electrons. The number of likely N-dealkylation sites (tertiary alicyclic amines) is 1. The quantitative estimate of drug-likeness (QED) is 0.564. The van der Waals surface area contributed by atoms with Crippen molar-refractivity contribution in [3.63, 3.8) is 0 Å². The van der Waals surface area contributed by atoms with Gasteiger partial charge in [0.05, 0.1) is 6.07 Å². The molecule has 1 aromatic carbocycles. The maximum absolute atomic E-state index is 7.32. The summed E-state index contributed by atoms with van der Waals surface area (Å²) in [5, 5.41) is 16.5. The highest BCUT2D eigenvalue weighted by molar-refractivity contribution is 8.05. The summed E-state index contributed by atoms with van der Waals surface area (Å²) in [6.07, 6.45) is 5.87. The van der Waals surface area contributed by atoms with Crippen LogP contribution >= 0.6 is 23.1 Å². The standard InChI is InChI=1S/C23H28N2OS2.C2H3N/c1-25-11-9-21(10-12-25)24-14-22-8-7-18(16-27-22)15-26-23-13-20(17-28-23)19-5-3-2-4-6-19;1-2-3/h2-6,8,13,16-17,21,24H,7,9-12,14-15H2,1H3;1H3. The molecule has 0 radical (unpaired) electrons. The minimum atomic E-state index is 0.670. The van der Waals surface area contributed by atoms with Crippen molar-refractivity contribution in [1.29, 1.82) is 5.26 Å². The highest BCUT2D eigenvalue weighted by Crippen LogP contribution is 2.32. The number of nitrogens with zero attached hydrogens (tertiary/aromatic N) is 2. The minimum Gasteiger partial charge on any atom is -0.480 e. The highest BCUT2D eigenvalue weighted by atomic mass is 32.2. The Hall–Kier alpha value is -2.04. The van der Waals surface area contributed by atoms with Crippen LogP contribution in [0.5, 0.6) is 5.06 Å². The summed E-state index contributed by atoms with van der Waals surface area (Å²) in [4.78, 5) is 3.85. The van der Waals surface area contributed by atoms with Crippen LogP contribution in [0.1, 0.15) is 26.2 Å². The zero-order chi connectivity index (χ0) is 21.9. The first kappa shape index (κ1) is 23.6. The molecule has 4 rings (SSSR count). The smallest absolute Gasteiger partial charge is 0.174 e. The monoisotopic (exact) mass is 453 g/mol. The third kappa shape index (κ3) is 7.86. The lowest BCUT2D eigenvalue weighted by atomic mass is 10.1. The van der Waals surface area contributed by atoms with Gasteiger partial charge in [-0.1, -0.05) is 36.4 Å². The lowest BCUT2D eigenvalue weighted by molar-refractivity contribution is 0.237. The van der Waals surface area contributed by atoms with Gasteiger partial charge in [-0.25, -0.2) is 0 Å². The summed E-state index contributed by atoms with van der Waals surface area (Å²) in [7, 11) is 2.21. The number of hydrogen-bond donors (Lipinski definition) is 1. The number of piperidine rings is 1. The molecule has 0 spiro atoms. The van der Waals surface area contributed by atoms with Crippen LogP contribution in [0.15, 0.2) is 63.7 Å². The van der Waals surface area contributed by atoms with Crippen LogP contribution in [0, 0.1) is 11.3 Å². The normalized spacial score (nSPS) is 17.1. The Labute approximate surface area is 194 Å². The average molecular weight is 454 g/mol. The van der Waals surface area contributed by atoms with Crippen molar-refractivity contribution in [1.82, 2.24) is 10.2 Å². The van der Waals surface area contributed by atoms with Gasteiger partial charge in [-0.3, -0.25) is 0 Å². The number of thiophene rings is 1. The van der Waals surface area contributed by atoms with E-state index in [-0.39, 0.29) is 0 Å². The Morgan fingerprint density at radius 2 is 1.94 bits per heavy atom. The summed E-state index contributed by atoms with van der Waals surface area (Å²) in [5.74, 6) is 0. The number of thioether (sulfide) groups is 1. The Kier molecular flexibility index (Phi) is 9.70. The third-order valence-electron chi connectivity index (χ3n) is 5.33. The third-order valence-corrected chi connectivity index (χ3v) is 7.24. The summed E-state index contributed by atoms with van der Waals surface area (Å²) >= 11 is 3.52. The van der Waals surface area contributed by atoms with Crippen LogP contribution in [-0.4, -0.2) is 44.2 Å². The molecule has 0 amide bonds. The van der Waals surface area contributed by atoms with E-state index < -0.39 is 0 Å². The van der Waals surface area contributed by atoms with Gasteiger partial charge in [-0.2, -0.15) is 5.26 Å². The Morgan fingerprint density at radius 1 is 1.19 bits per heavy atom. The van der Waals surface area contributed by atoms with Gasteiger partial charge in [0.1, 0.15) is 6.61 Å². The Balaban J connectivity index is 0.000000858. The van der Waals surface area contributed by atoms with E-state index in [1.54, 1.807) is 17.4 Å². The molecule has 0 bridgehead atoms. The molecule has 1 saturated heterocycles. The molecule has 3 heterocycles. The fourth-order valence-electron chi connectivity index (χ4n) is 3.50. The van der Waals surface area contributed by atoms with E-state index in [9.17, 15) is 0 Å². The van der Waals surface area contributed by atoms with Crippen molar-refractivity contribution >= 4 is 23.1 Å². The van der Waals surface area contributed by atoms with Crippen molar-refractivity contribution in [3.8, 4) is 22.3 Å². The second-order valence-corrected chi connectivity index (χ2v) is 9.63. The second-order valence-electron chi connectivity index (χ2n) is 7.76. The Morgan fingerprint density at radius 3 is 2.61 bits per heavy atom. The summed E-state index contributed by atoms with van der Waals surface area (Å²) in [5.41, 5.74) is 3.82. The number of nitrogens with one attached hydrogen (secondary N) is 1. The molecule has 0 aliphatic carbocycles. The van der Waals surface area contributed by atoms with Crippen LogP contribution in [-0.2, 0) is 0 Å². The van der Waals surface area contributed by atoms with E-state index in [0.717, 1.165) is 18.0 Å². The summed E-state index contributed by atoms with van der Waals surface area (Å²) < 4.78 is 6.04. The summed E-state index contributed by atoms with van der Waals surface area (Å²) in [6, 6.07) is 15.0. The molecule has 1 aromatic heterocycles. The van der Waals surface area contributed by atoms with Gasteiger partial charge in [-0.15, -0.1) is 23.1 Å². The van der Waals surface area contributed by atoms with Gasteiger partial charge in [0, 0.05) is 24.9 Å². The van der Waals surface area contributed by atoms with E-state index in [4.69, 9.17) is 10.00 Å². The molecular formula is C25H31N3OS2. The van der Waals surface area contributed by atoms with E-state index in [1.807, 2.05) is 17.8 Å². The predicted octanol–water partition coefficient (Wildman–Crippen LogP) is 5.91. The highest BCUT2D eigenvalue weighted by Gasteiger charge is 2.16. The zero-order valence-corrected chi connectivity index (χ0v) is 20.0. The van der Waals surface area contributed by atoms with Gasteiger partial charge >= 0.3 is 0 Å². The zero-order valence-electron chi connectivity index (χ0n) is 18.3. The van der Waals surface area contributed by atoms with E-state index >= 15 is 0 Å². The number of nitriles is 1. The minimum absolute atomic E-state index is 0.670. The fourth-order valence-corrected chi connectivity index (χ4v) is 5.10. The molecular weight excluding hydrogens is 422 g/mol. The van der Waals surface area contributed by atoms with Crippen molar-refractivity contribution in [2.45, 2.75) is 32.2 Å². The van der Waals surface area contributed by atoms with Gasteiger partial charge < -0.3 is 15.0 Å². The van der Waals surface area contributed by atoms with Gasteiger partial charge in [0.2, 0.25) is 0 Å². The van der Waals surface area contributed by atoms with Crippen LogP contribution in [0.4, 0.5) is 0 Å². The molecule has 2 aromatic rings. The van der Waals surface area contributed by atoms with E-state index in [1.165, 1.54) is 54.5 Å². The molecule has 1 N–H and O–H groups in total. The number of allylic oxidation sites excluding steroid dienone is 1. The topological polar surface area (TPSA) is 48.3 Å². The maximum atomic E-state index is 7.32. The molecule has 0 unspecified atom stereocenters. The number of ether oxygens (including phenoxy) is 1. The van der Waals surface area contributed by atoms with Crippen molar-refractivity contribution in [2.24, 2.45) is 0 Å². The van der Waals surface area contributed by atoms with Crippen LogP contribution in [0.2, 0.25) is 0 Å². The lowest BCUT2D eigenvalue weighted by Gasteiger charge is -2.30. The summed E-state index contributed by atoms with van der Waals surface area (Å²) in [6.45, 7) is 5.52. The molecule has 2 aliphatic rings. The van der Waals surface area contributed by atoms with Gasteiger partial charge in [0.15, 0.2) is 5.06 Å². The van der Waals surface area contributed by atoms with Crippen molar-refractivity contribution in [2.75, 3.05) is 33.3 Å². The average Bonchev–Trinajstić information content (AvgIpc) is 3.28. The first-order valence-electron chi connectivity index (χ1n) is 10.7. The number of benzene rings is 1. The van der Waals surface area contributed by atoms with E-state index in [2.05, 4.69) is 64.5 Å². The lowest BCUT2D eigenvalue weighted by Crippen LogP contribution is -2.41. The molecule has 31 heavy (non-hydrogen) atoms. The van der Waals surface area contributed by atoms with E-state index in [0.29, 0.717) is 12.6 Å². The maximum Gasteiger partial charge on any atom is 0.174 e. The SMILES string of the molecule is CC#N.CN1CCC(NCC2=CCC(COc3cc(-c4ccccc4)cs3)=CS2)CC1. The first-order valence-corrected chi connectivity index (χ1v) is 12.5. The van der Waals surface area contributed by atoms with Crippen LogP contribution in [0.25, 0.3) is 11.1 Å². The van der Waals surface area contributed by atoms with Crippen molar-refractivity contribution in [3.05, 3.63) is 63.7 Å². The van der Waals surface area contributed by atoms with Gasteiger partial charge in [0.25, 0.3) is 0 Å². The molecule has 0 atom stereocenters. The fraction of sp³-hybridized carbons (Fsp3) is 0.400. The molecule has 1 fully saturated rings. The second kappa shape index (κ2) is 12.7. The molecule has 4 nitrogen and oxygen atoms in total. The van der Waals surface area contributed by atoms with Crippen LogP contribution in [0.3, 0.4) is 0 Å².